The fourth-order valence-corrected chi connectivity index (χ4v) is 3.69. The zero-order chi connectivity index (χ0) is 17.8. The predicted octanol–water partition coefficient (Wildman–Crippen LogP) is 2.30. The number of nitrogens with one attached hydrogen (secondary N) is 1. The Bertz CT molecular complexity index is 600. The van der Waals surface area contributed by atoms with E-state index in [1.807, 2.05) is 0 Å². The monoisotopic (exact) mass is 346 g/mol. The summed E-state index contributed by atoms with van der Waals surface area (Å²) in [7, 11) is 0. The molecule has 3 N–H and O–H groups in total. The number of carbonyl (C=O) groups is 2. The number of Topliss-reactive ketones (excluding diaryl/α,β-unsaturated/α-hetero) is 1. The molecule has 1 aromatic carbocycles. The topological polar surface area (TPSA) is 89.9 Å². The van der Waals surface area contributed by atoms with Crippen molar-refractivity contribution in [2.75, 3.05) is 13.1 Å². The number of carbonyl (C=O) groups excluding carboxylic acids is 2. The van der Waals surface area contributed by atoms with Gasteiger partial charge in [0.15, 0.2) is 5.78 Å². The van der Waals surface area contributed by atoms with Gasteiger partial charge in [0.1, 0.15) is 5.75 Å². The molecule has 0 radical (unpaired) electrons. The molecular formula is C19H26N2O4. The molecule has 136 valence electrons. The van der Waals surface area contributed by atoms with Gasteiger partial charge in [-0.25, -0.2) is 4.79 Å². The van der Waals surface area contributed by atoms with Gasteiger partial charge in [0.2, 0.25) is 0 Å². The van der Waals surface area contributed by atoms with E-state index in [1.54, 1.807) is 17.0 Å². The van der Waals surface area contributed by atoms with E-state index in [1.165, 1.54) is 12.1 Å². The van der Waals surface area contributed by atoms with Gasteiger partial charge in [-0.2, -0.15) is 0 Å². The van der Waals surface area contributed by atoms with Crippen LogP contribution in [0.5, 0.6) is 5.75 Å². The normalized spacial score (nSPS) is 24.8. The highest BCUT2D eigenvalue weighted by Gasteiger charge is 2.29. The van der Waals surface area contributed by atoms with E-state index in [-0.39, 0.29) is 35.6 Å². The third-order valence-electron chi connectivity index (χ3n) is 5.33. The van der Waals surface area contributed by atoms with Crippen LogP contribution < -0.4 is 5.32 Å². The molecule has 1 saturated carbocycles. The second kappa shape index (κ2) is 7.87. The number of amides is 2. The maximum atomic E-state index is 12.5. The van der Waals surface area contributed by atoms with E-state index in [9.17, 15) is 19.8 Å². The number of aliphatic hydroxyl groups is 1. The smallest absolute Gasteiger partial charge is 0.317 e. The maximum absolute atomic E-state index is 12.5. The van der Waals surface area contributed by atoms with Crippen LogP contribution >= 0.6 is 0 Å². The van der Waals surface area contributed by atoms with Crippen LogP contribution in [-0.4, -0.2) is 52.2 Å². The van der Waals surface area contributed by atoms with E-state index in [0.29, 0.717) is 31.5 Å². The first-order valence-corrected chi connectivity index (χ1v) is 9.09. The molecule has 6 nitrogen and oxygen atoms in total. The lowest BCUT2D eigenvalue weighted by molar-refractivity contribution is 0.0849. The minimum Gasteiger partial charge on any atom is -0.508 e. The van der Waals surface area contributed by atoms with Crippen LogP contribution in [0.2, 0.25) is 0 Å². The largest absolute Gasteiger partial charge is 0.508 e. The number of urea groups is 1. The van der Waals surface area contributed by atoms with Crippen molar-refractivity contribution in [3.05, 3.63) is 29.8 Å². The summed E-state index contributed by atoms with van der Waals surface area (Å²) < 4.78 is 0. The van der Waals surface area contributed by atoms with Gasteiger partial charge in [-0.3, -0.25) is 4.79 Å². The Kier molecular flexibility index (Phi) is 5.58. The lowest BCUT2D eigenvalue weighted by Gasteiger charge is -2.34. The number of ketones is 1. The molecular weight excluding hydrogens is 320 g/mol. The molecule has 0 spiro atoms. The number of phenols is 1. The Morgan fingerprint density at radius 1 is 0.960 bits per heavy atom. The first-order chi connectivity index (χ1) is 12.0. The van der Waals surface area contributed by atoms with E-state index in [0.717, 1.165) is 25.7 Å². The summed E-state index contributed by atoms with van der Waals surface area (Å²) in [6.07, 6.45) is 4.23. The Morgan fingerprint density at radius 2 is 1.56 bits per heavy atom. The van der Waals surface area contributed by atoms with Crippen molar-refractivity contribution in [1.29, 1.82) is 0 Å². The summed E-state index contributed by atoms with van der Waals surface area (Å²) in [6.45, 7) is 1.16. The number of piperidine rings is 1. The quantitative estimate of drug-likeness (QED) is 0.733. The number of hydrogen-bond acceptors (Lipinski definition) is 4. The average molecular weight is 346 g/mol. The minimum atomic E-state index is -0.227. The number of likely N-dealkylation sites (tertiary alicyclic amines) is 1. The molecule has 3 rings (SSSR count). The first-order valence-electron chi connectivity index (χ1n) is 9.09. The van der Waals surface area contributed by atoms with Gasteiger partial charge in [-0.1, -0.05) is 0 Å². The molecule has 0 aromatic heterocycles. The summed E-state index contributed by atoms with van der Waals surface area (Å²) in [6, 6.07) is 6.43. The second-order valence-corrected chi connectivity index (χ2v) is 7.13. The zero-order valence-corrected chi connectivity index (χ0v) is 14.4. The molecule has 2 aliphatic rings. The van der Waals surface area contributed by atoms with Crippen LogP contribution in [0, 0.1) is 5.92 Å². The van der Waals surface area contributed by atoms with E-state index < -0.39 is 0 Å². The molecule has 2 fully saturated rings. The standard InChI is InChI=1S/C19H26N2O4/c22-16-5-1-13(2-6-16)18(24)14-9-11-21(12-10-14)19(25)20-15-3-7-17(23)8-4-15/h1-2,5-6,14-15,17,22-23H,3-4,7-12H2,(H,20,25). The fourth-order valence-electron chi connectivity index (χ4n) is 3.69. The zero-order valence-electron chi connectivity index (χ0n) is 14.4. The lowest BCUT2D eigenvalue weighted by Crippen LogP contribution is -2.49. The fraction of sp³-hybridized carbons (Fsp3) is 0.579. The molecule has 2 amide bonds. The van der Waals surface area contributed by atoms with Crippen molar-refractivity contribution < 1.29 is 19.8 Å². The number of aromatic hydroxyl groups is 1. The summed E-state index contributed by atoms with van der Waals surface area (Å²) in [5, 5.41) is 21.9. The summed E-state index contributed by atoms with van der Waals surface area (Å²) in [5.41, 5.74) is 0.612. The van der Waals surface area contributed by atoms with Gasteiger partial charge >= 0.3 is 6.03 Å². The lowest BCUT2D eigenvalue weighted by atomic mass is 9.89. The number of benzene rings is 1. The van der Waals surface area contributed by atoms with Crippen LogP contribution in [-0.2, 0) is 0 Å². The van der Waals surface area contributed by atoms with Gasteiger partial charge in [-0.05, 0) is 62.8 Å². The van der Waals surface area contributed by atoms with Crippen LogP contribution in [0.4, 0.5) is 4.79 Å². The number of nitrogens with zero attached hydrogens (tertiary/aromatic N) is 1. The number of aliphatic hydroxyl groups excluding tert-OH is 1. The van der Waals surface area contributed by atoms with Crippen LogP contribution in [0.1, 0.15) is 48.9 Å². The Labute approximate surface area is 147 Å². The number of hydrogen-bond donors (Lipinski definition) is 3. The van der Waals surface area contributed by atoms with Crippen molar-refractivity contribution in [1.82, 2.24) is 10.2 Å². The SMILES string of the molecule is O=C(c1ccc(O)cc1)C1CCN(C(=O)NC2CCC(O)CC2)CC1. The molecule has 1 aromatic rings. The Morgan fingerprint density at radius 3 is 2.16 bits per heavy atom. The van der Waals surface area contributed by atoms with Gasteiger partial charge in [0, 0.05) is 30.6 Å². The number of rotatable bonds is 3. The van der Waals surface area contributed by atoms with Crippen LogP contribution in [0.15, 0.2) is 24.3 Å². The van der Waals surface area contributed by atoms with Crippen molar-refractivity contribution in [3.63, 3.8) is 0 Å². The van der Waals surface area contributed by atoms with E-state index in [4.69, 9.17) is 0 Å². The molecule has 1 heterocycles. The highest BCUT2D eigenvalue weighted by molar-refractivity contribution is 5.98. The first kappa shape index (κ1) is 17.7. The van der Waals surface area contributed by atoms with Crippen molar-refractivity contribution in [2.45, 2.75) is 50.7 Å². The number of phenolic OH excluding ortho intramolecular Hbond substituents is 1. The van der Waals surface area contributed by atoms with Crippen molar-refractivity contribution in [2.24, 2.45) is 5.92 Å². The molecule has 25 heavy (non-hydrogen) atoms. The Hall–Kier alpha value is -2.08. The maximum Gasteiger partial charge on any atom is 0.317 e. The molecule has 1 aliphatic carbocycles. The van der Waals surface area contributed by atoms with E-state index >= 15 is 0 Å². The van der Waals surface area contributed by atoms with Gasteiger partial charge in [0.25, 0.3) is 0 Å². The minimum absolute atomic E-state index is 0.0584. The molecule has 0 bridgehead atoms. The third kappa shape index (κ3) is 4.51. The molecule has 1 saturated heterocycles. The predicted molar refractivity (Wildman–Crippen MR) is 93.5 cm³/mol. The van der Waals surface area contributed by atoms with Crippen LogP contribution in [0.25, 0.3) is 0 Å². The van der Waals surface area contributed by atoms with Gasteiger partial charge in [0.05, 0.1) is 6.10 Å². The van der Waals surface area contributed by atoms with Crippen molar-refractivity contribution >= 4 is 11.8 Å². The summed E-state index contributed by atoms with van der Waals surface area (Å²) >= 11 is 0. The highest BCUT2D eigenvalue weighted by atomic mass is 16.3. The summed E-state index contributed by atoms with van der Waals surface area (Å²) in [5.74, 6) is 0.165. The van der Waals surface area contributed by atoms with Crippen molar-refractivity contribution in [3.8, 4) is 5.75 Å². The van der Waals surface area contributed by atoms with Gasteiger partial charge in [-0.15, -0.1) is 0 Å². The third-order valence-corrected chi connectivity index (χ3v) is 5.33. The summed E-state index contributed by atoms with van der Waals surface area (Å²) in [4.78, 5) is 26.7. The van der Waals surface area contributed by atoms with Crippen LogP contribution in [0.3, 0.4) is 0 Å². The highest BCUT2D eigenvalue weighted by Crippen LogP contribution is 2.24. The molecule has 1 aliphatic heterocycles. The average Bonchev–Trinajstić information content (AvgIpc) is 2.64. The molecule has 6 heteroatoms. The van der Waals surface area contributed by atoms with Gasteiger partial charge < -0.3 is 20.4 Å². The molecule has 0 unspecified atom stereocenters. The second-order valence-electron chi connectivity index (χ2n) is 7.13. The Balaban J connectivity index is 1.47. The molecule has 0 atom stereocenters. The van der Waals surface area contributed by atoms with E-state index in [2.05, 4.69) is 5.32 Å².